The fraction of sp³-hybridized carbons (Fsp3) is 0.786. The zero-order valence-electron chi connectivity index (χ0n) is 12.6. The first kappa shape index (κ1) is 16.3. The Morgan fingerprint density at radius 1 is 1.38 bits per heavy atom. The third-order valence-electron chi connectivity index (χ3n) is 4.15. The van der Waals surface area contributed by atoms with Crippen molar-refractivity contribution in [3.8, 4) is 0 Å². The maximum Gasteiger partial charge on any atom is 0.417 e. The predicted octanol–water partition coefficient (Wildman–Crippen LogP) is 1.65. The van der Waals surface area contributed by atoms with E-state index in [9.17, 15) is 14.4 Å². The zero-order chi connectivity index (χ0) is 16.1. The van der Waals surface area contributed by atoms with E-state index in [1.807, 2.05) is 6.92 Å². The molecule has 1 saturated carbocycles. The molecule has 1 aliphatic carbocycles. The summed E-state index contributed by atoms with van der Waals surface area (Å²) in [5.74, 6) is -1.74. The molecule has 2 N–H and O–H groups in total. The first-order chi connectivity index (χ1) is 9.54. The van der Waals surface area contributed by atoms with Gasteiger partial charge in [-0.3, -0.25) is 9.59 Å². The number of primary amides is 1. The van der Waals surface area contributed by atoms with Crippen LogP contribution in [0.2, 0.25) is 0 Å². The molecule has 3 fully saturated rings. The molecule has 2 saturated heterocycles. The van der Waals surface area contributed by atoms with Gasteiger partial charge >= 0.3 is 6.09 Å². The van der Waals surface area contributed by atoms with Crippen molar-refractivity contribution in [2.75, 3.05) is 0 Å². The van der Waals surface area contributed by atoms with Gasteiger partial charge in [0.2, 0.25) is 11.8 Å². The normalized spacial score (nSPS) is 35.8. The first-order valence-corrected chi connectivity index (χ1v) is 7.95. The van der Waals surface area contributed by atoms with Crippen molar-refractivity contribution >= 4 is 33.8 Å². The molecular weight excluding hydrogens is 340 g/mol. The van der Waals surface area contributed by atoms with Crippen LogP contribution in [-0.2, 0) is 14.3 Å². The van der Waals surface area contributed by atoms with Gasteiger partial charge in [0.05, 0.1) is 17.9 Å². The van der Waals surface area contributed by atoms with Gasteiger partial charge in [-0.1, -0.05) is 22.9 Å². The standard InChI is InChI=1S/C14H21BrN2O4/c1-6-9(15)7-5-8(11(16)18)10(6)17(12(7)19)13(20)21-14(2,3)4/h6-10H,5H2,1-4H3,(H2,16,18). The third-order valence-corrected chi connectivity index (χ3v) is 5.63. The topological polar surface area (TPSA) is 89.7 Å². The van der Waals surface area contributed by atoms with E-state index in [0.717, 1.165) is 4.90 Å². The largest absolute Gasteiger partial charge is 0.443 e. The number of rotatable bonds is 1. The van der Waals surface area contributed by atoms with Crippen LogP contribution in [0.3, 0.4) is 0 Å². The van der Waals surface area contributed by atoms with Crippen LogP contribution in [0.5, 0.6) is 0 Å². The number of carbonyl (C=O) groups is 3. The second-order valence-electron chi connectivity index (χ2n) is 6.83. The number of imide groups is 1. The van der Waals surface area contributed by atoms with Gasteiger partial charge in [0.15, 0.2) is 0 Å². The number of amides is 3. The van der Waals surface area contributed by atoms with Gasteiger partial charge in [0.25, 0.3) is 0 Å². The Hall–Kier alpha value is -1.11. The number of nitrogens with two attached hydrogens (primary N) is 1. The Morgan fingerprint density at radius 2 is 1.95 bits per heavy atom. The lowest BCUT2D eigenvalue weighted by atomic mass is 9.67. The second kappa shape index (κ2) is 5.26. The van der Waals surface area contributed by atoms with Crippen LogP contribution in [0.4, 0.5) is 4.79 Å². The molecule has 3 rings (SSSR count). The lowest BCUT2D eigenvalue weighted by Gasteiger charge is -2.52. The number of halogens is 1. The third kappa shape index (κ3) is 2.80. The van der Waals surface area contributed by atoms with E-state index in [1.165, 1.54) is 0 Å². The molecule has 21 heavy (non-hydrogen) atoms. The van der Waals surface area contributed by atoms with E-state index in [1.54, 1.807) is 20.8 Å². The molecule has 118 valence electrons. The Balaban J connectivity index is 2.34. The van der Waals surface area contributed by atoms with E-state index in [0.29, 0.717) is 6.42 Å². The number of hydrogen-bond acceptors (Lipinski definition) is 4. The molecule has 7 heteroatoms. The molecule has 5 unspecified atom stereocenters. The van der Waals surface area contributed by atoms with Crippen molar-refractivity contribution in [3.63, 3.8) is 0 Å². The highest BCUT2D eigenvalue weighted by Gasteiger charge is 2.58. The molecule has 5 atom stereocenters. The molecule has 0 radical (unpaired) electrons. The lowest BCUT2D eigenvalue weighted by Crippen LogP contribution is -2.68. The highest BCUT2D eigenvalue weighted by molar-refractivity contribution is 9.09. The van der Waals surface area contributed by atoms with Gasteiger partial charge < -0.3 is 10.5 Å². The van der Waals surface area contributed by atoms with Crippen LogP contribution in [0.1, 0.15) is 34.1 Å². The van der Waals surface area contributed by atoms with Gasteiger partial charge in [-0.25, -0.2) is 9.69 Å². The highest BCUT2D eigenvalue weighted by atomic mass is 79.9. The average Bonchev–Trinajstić information content (AvgIpc) is 2.32. The number of fused-ring (bicyclic) bond motifs is 3. The van der Waals surface area contributed by atoms with E-state index >= 15 is 0 Å². The SMILES string of the molecule is CC1C(Br)C2CC(C(N)=O)C1N(C(=O)OC(C)(C)C)C2=O. The van der Waals surface area contributed by atoms with Gasteiger partial charge in [-0.2, -0.15) is 0 Å². The molecule has 6 nitrogen and oxygen atoms in total. The van der Waals surface area contributed by atoms with Gasteiger partial charge in [-0.05, 0) is 33.1 Å². The summed E-state index contributed by atoms with van der Waals surface area (Å²) in [5, 5.41) is 0. The van der Waals surface area contributed by atoms with E-state index in [2.05, 4.69) is 15.9 Å². The maximum absolute atomic E-state index is 12.5. The highest BCUT2D eigenvalue weighted by Crippen LogP contribution is 2.46. The van der Waals surface area contributed by atoms with Crippen molar-refractivity contribution in [1.29, 1.82) is 0 Å². The molecule has 0 aromatic rings. The summed E-state index contributed by atoms with van der Waals surface area (Å²) in [5.41, 5.74) is 4.75. The molecule has 0 aromatic carbocycles. The van der Waals surface area contributed by atoms with Crippen LogP contribution in [0.25, 0.3) is 0 Å². The summed E-state index contributed by atoms with van der Waals surface area (Å²) >= 11 is 3.51. The number of ether oxygens (including phenoxy) is 1. The predicted molar refractivity (Wildman–Crippen MR) is 79.5 cm³/mol. The number of hydrogen-bond donors (Lipinski definition) is 1. The van der Waals surface area contributed by atoms with Crippen LogP contribution >= 0.6 is 15.9 Å². The van der Waals surface area contributed by atoms with Gasteiger partial charge in [-0.15, -0.1) is 0 Å². The Bertz CT molecular complexity index is 488. The van der Waals surface area contributed by atoms with Crippen LogP contribution in [-0.4, -0.2) is 39.3 Å². The van der Waals surface area contributed by atoms with Crippen molar-refractivity contribution in [1.82, 2.24) is 4.90 Å². The van der Waals surface area contributed by atoms with E-state index in [-0.39, 0.29) is 16.7 Å². The number of nitrogens with zero attached hydrogens (tertiary/aromatic N) is 1. The summed E-state index contributed by atoms with van der Waals surface area (Å²) in [6.07, 6.45) is -0.307. The zero-order valence-corrected chi connectivity index (χ0v) is 14.2. The summed E-state index contributed by atoms with van der Waals surface area (Å²) in [7, 11) is 0. The molecular formula is C14H21BrN2O4. The van der Waals surface area contributed by atoms with Crippen molar-refractivity contribution in [2.45, 2.75) is 50.6 Å². The fourth-order valence-electron chi connectivity index (χ4n) is 3.25. The lowest BCUT2D eigenvalue weighted by molar-refractivity contribution is -0.155. The fourth-order valence-corrected chi connectivity index (χ4v) is 4.00. The molecule has 0 spiro atoms. The number of alkyl halides is 1. The average molecular weight is 361 g/mol. The molecule has 3 amide bonds. The van der Waals surface area contributed by atoms with Crippen LogP contribution < -0.4 is 5.73 Å². The molecule has 2 aliphatic heterocycles. The summed E-state index contributed by atoms with van der Waals surface area (Å²) in [6, 6.07) is -0.542. The minimum atomic E-state index is -0.701. The molecule has 2 heterocycles. The second-order valence-corrected chi connectivity index (χ2v) is 7.89. The van der Waals surface area contributed by atoms with Crippen molar-refractivity contribution in [2.24, 2.45) is 23.5 Å². The van der Waals surface area contributed by atoms with E-state index in [4.69, 9.17) is 10.5 Å². The Morgan fingerprint density at radius 3 is 2.43 bits per heavy atom. The van der Waals surface area contributed by atoms with E-state index < -0.39 is 35.5 Å². The first-order valence-electron chi connectivity index (χ1n) is 7.04. The monoisotopic (exact) mass is 360 g/mol. The Kier molecular flexibility index (Phi) is 4.08. The Labute approximate surface area is 132 Å². The van der Waals surface area contributed by atoms with Gasteiger partial charge in [0.1, 0.15) is 5.60 Å². The number of piperidine rings is 2. The minimum Gasteiger partial charge on any atom is -0.443 e. The van der Waals surface area contributed by atoms with Crippen molar-refractivity contribution < 1.29 is 19.1 Å². The smallest absolute Gasteiger partial charge is 0.417 e. The summed E-state index contributed by atoms with van der Waals surface area (Å²) < 4.78 is 5.31. The van der Waals surface area contributed by atoms with Crippen LogP contribution in [0, 0.1) is 17.8 Å². The van der Waals surface area contributed by atoms with Crippen molar-refractivity contribution in [3.05, 3.63) is 0 Å². The molecule has 0 aromatic heterocycles. The molecule has 2 bridgehead atoms. The quantitative estimate of drug-likeness (QED) is 0.720. The van der Waals surface area contributed by atoms with Crippen LogP contribution in [0.15, 0.2) is 0 Å². The van der Waals surface area contributed by atoms with Gasteiger partial charge in [0, 0.05) is 4.83 Å². The minimum absolute atomic E-state index is 0.0496. The maximum atomic E-state index is 12.5. The number of carbonyl (C=O) groups excluding carboxylic acids is 3. The summed E-state index contributed by atoms with van der Waals surface area (Å²) in [4.78, 5) is 37.6. The molecule has 3 aliphatic rings. The summed E-state index contributed by atoms with van der Waals surface area (Å²) in [6.45, 7) is 7.12.